The summed E-state index contributed by atoms with van der Waals surface area (Å²) in [5.74, 6) is -0.283. The number of nitrogens with one attached hydrogen (secondary N) is 1. The van der Waals surface area contributed by atoms with Crippen LogP contribution in [0.1, 0.15) is 0 Å². The second-order valence-electron chi connectivity index (χ2n) is 7.34. The maximum absolute atomic E-state index is 14.6. The Morgan fingerprint density at radius 1 is 1.40 bits per heavy atom. The maximum Gasteiger partial charge on any atom is 0.214 e. The van der Waals surface area contributed by atoms with Gasteiger partial charge in [0.1, 0.15) is 5.82 Å². The summed E-state index contributed by atoms with van der Waals surface area (Å²) in [5.41, 5.74) is 1.52. The van der Waals surface area contributed by atoms with E-state index in [0.29, 0.717) is 29.9 Å². The number of carbonyl (C=O) groups excluding carboxylic acids is 1. The minimum absolute atomic E-state index is 0.149. The van der Waals surface area contributed by atoms with Crippen molar-refractivity contribution in [2.45, 2.75) is 6.10 Å². The highest BCUT2D eigenvalue weighted by Crippen LogP contribution is 2.42. The summed E-state index contributed by atoms with van der Waals surface area (Å²) >= 11 is 0. The molecule has 25 heavy (non-hydrogen) atoms. The van der Waals surface area contributed by atoms with Crippen LogP contribution in [0, 0.1) is 11.2 Å². The highest BCUT2D eigenvalue weighted by atomic mass is 19.1. The highest BCUT2D eigenvalue weighted by Gasteiger charge is 2.50. The first-order chi connectivity index (χ1) is 12.0. The van der Waals surface area contributed by atoms with Crippen molar-refractivity contribution in [2.75, 3.05) is 70.3 Å². The summed E-state index contributed by atoms with van der Waals surface area (Å²) in [7, 11) is 5.54. The summed E-state index contributed by atoms with van der Waals surface area (Å²) in [4.78, 5) is 17.3. The third kappa shape index (κ3) is 3.63. The van der Waals surface area contributed by atoms with E-state index in [0.717, 1.165) is 32.6 Å². The molecule has 2 heterocycles. The smallest absolute Gasteiger partial charge is 0.214 e. The fourth-order valence-electron chi connectivity index (χ4n) is 4.04. The molecular formula is C18H27FN4O2. The molecule has 1 unspecified atom stereocenters. The molecule has 1 atom stereocenters. The summed E-state index contributed by atoms with van der Waals surface area (Å²) < 4.78 is 19.9. The summed E-state index contributed by atoms with van der Waals surface area (Å²) in [6.45, 7) is 4.97. The van der Waals surface area contributed by atoms with Gasteiger partial charge in [-0.25, -0.2) is 4.39 Å². The van der Waals surface area contributed by atoms with Crippen molar-refractivity contribution in [3.8, 4) is 0 Å². The molecule has 0 aliphatic carbocycles. The minimum Gasteiger partial charge on any atom is -0.378 e. The highest BCUT2D eigenvalue weighted by molar-refractivity contribution is 5.76. The molecule has 2 aliphatic heterocycles. The summed E-state index contributed by atoms with van der Waals surface area (Å²) in [6.07, 6.45) is 0.572. The minimum atomic E-state index is -0.283. The molecule has 0 saturated carbocycles. The van der Waals surface area contributed by atoms with Crippen LogP contribution in [0.3, 0.4) is 0 Å². The lowest BCUT2D eigenvalue weighted by molar-refractivity contribution is -0.107. The molecule has 0 radical (unpaired) electrons. The van der Waals surface area contributed by atoms with E-state index in [1.165, 1.54) is 11.0 Å². The largest absolute Gasteiger partial charge is 0.378 e. The SMILES string of the molecule is CNCC(CN(C=O)c1ccc(N2CC3(CN(C)C3)C2)c(F)c1)OC. The van der Waals surface area contributed by atoms with Crippen LogP contribution in [0.15, 0.2) is 18.2 Å². The Balaban J connectivity index is 1.65. The number of hydrogen-bond donors (Lipinski definition) is 1. The van der Waals surface area contributed by atoms with Gasteiger partial charge in [-0.2, -0.15) is 0 Å². The Kier molecular flexibility index (Phi) is 5.27. The number of carbonyl (C=O) groups is 1. The molecule has 0 aromatic heterocycles. The number of nitrogens with zero attached hydrogens (tertiary/aromatic N) is 3. The number of rotatable bonds is 8. The topological polar surface area (TPSA) is 48.1 Å². The van der Waals surface area contributed by atoms with E-state index < -0.39 is 0 Å². The van der Waals surface area contributed by atoms with Crippen LogP contribution in [-0.4, -0.2) is 77.9 Å². The van der Waals surface area contributed by atoms with Crippen LogP contribution in [0.25, 0.3) is 0 Å². The molecule has 2 saturated heterocycles. The van der Waals surface area contributed by atoms with Gasteiger partial charge in [0.15, 0.2) is 0 Å². The second-order valence-corrected chi connectivity index (χ2v) is 7.34. The van der Waals surface area contributed by atoms with Crippen LogP contribution in [0.5, 0.6) is 0 Å². The van der Waals surface area contributed by atoms with Gasteiger partial charge in [-0.1, -0.05) is 0 Å². The zero-order valence-corrected chi connectivity index (χ0v) is 15.2. The number of halogens is 1. The van der Waals surface area contributed by atoms with Crippen LogP contribution in [-0.2, 0) is 9.53 Å². The van der Waals surface area contributed by atoms with Crippen LogP contribution in [0.2, 0.25) is 0 Å². The maximum atomic E-state index is 14.6. The van der Waals surface area contributed by atoms with Crippen LogP contribution >= 0.6 is 0 Å². The number of amides is 1. The number of methoxy groups -OCH3 is 1. The lowest BCUT2D eigenvalue weighted by Crippen LogP contribution is -2.71. The molecule has 2 aliphatic rings. The molecular weight excluding hydrogens is 323 g/mol. The van der Waals surface area contributed by atoms with Gasteiger partial charge in [0.05, 0.1) is 18.3 Å². The number of benzene rings is 1. The summed E-state index contributed by atoms with van der Waals surface area (Å²) in [5, 5.41) is 3.02. The molecule has 1 aromatic carbocycles. The van der Waals surface area contributed by atoms with Gasteiger partial charge in [0.2, 0.25) is 6.41 Å². The molecule has 1 aromatic rings. The number of anilines is 2. The zero-order chi connectivity index (χ0) is 18.0. The first-order valence-electron chi connectivity index (χ1n) is 8.62. The van der Waals surface area contributed by atoms with Crippen molar-refractivity contribution in [1.29, 1.82) is 0 Å². The Morgan fingerprint density at radius 2 is 2.12 bits per heavy atom. The molecule has 6 nitrogen and oxygen atoms in total. The summed E-state index contributed by atoms with van der Waals surface area (Å²) in [6, 6.07) is 5.01. The molecule has 2 fully saturated rings. The quantitative estimate of drug-likeness (QED) is 0.702. The van der Waals surface area contributed by atoms with Crippen molar-refractivity contribution < 1.29 is 13.9 Å². The normalized spacial score (nSPS) is 20.1. The van der Waals surface area contributed by atoms with Gasteiger partial charge in [-0.05, 0) is 32.3 Å². The van der Waals surface area contributed by atoms with Crippen molar-refractivity contribution >= 4 is 17.8 Å². The third-order valence-electron chi connectivity index (χ3n) is 5.16. The van der Waals surface area contributed by atoms with Gasteiger partial charge in [-0.3, -0.25) is 4.79 Å². The Labute approximate surface area is 148 Å². The van der Waals surface area contributed by atoms with Crippen molar-refractivity contribution in [3.63, 3.8) is 0 Å². The molecule has 3 rings (SSSR count). The Hall–Kier alpha value is -1.70. The molecule has 7 heteroatoms. The van der Waals surface area contributed by atoms with E-state index in [1.807, 2.05) is 7.05 Å². The lowest BCUT2D eigenvalue weighted by atomic mass is 9.73. The lowest BCUT2D eigenvalue weighted by Gasteiger charge is -2.60. The first-order valence-corrected chi connectivity index (χ1v) is 8.62. The van der Waals surface area contributed by atoms with E-state index >= 15 is 0 Å². The molecule has 1 spiro atoms. The van der Waals surface area contributed by atoms with Crippen LogP contribution in [0.4, 0.5) is 15.8 Å². The molecule has 138 valence electrons. The number of hydrogen-bond acceptors (Lipinski definition) is 5. The average molecular weight is 350 g/mol. The number of likely N-dealkylation sites (tertiary alicyclic amines) is 1. The van der Waals surface area contributed by atoms with E-state index in [-0.39, 0.29) is 11.9 Å². The number of likely N-dealkylation sites (N-methyl/N-ethyl adjacent to an activating group) is 1. The number of ether oxygens (including phenoxy) is 1. The fraction of sp³-hybridized carbons (Fsp3) is 0.611. The Morgan fingerprint density at radius 3 is 2.64 bits per heavy atom. The van der Waals surface area contributed by atoms with Gasteiger partial charge >= 0.3 is 0 Å². The zero-order valence-electron chi connectivity index (χ0n) is 15.2. The second kappa shape index (κ2) is 7.27. The van der Waals surface area contributed by atoms with E-state index in [1.54, 1.807) is 19.2 Å². The van der Waals surface area contributed by atoms with E-state index in [2.05, 4.69) is 22.2 Å². The average Bonchev–Trinajstić information content (AvgIpc) is 2.54. The predicted octanol–water partition coefficient (Wildman–Crippen LogP) is 0.775. The standard InChI is InChI=1S/C18H27FN4O2/c1-20-7-15(25-3)8-22(13-24)14-4-5-17(16(19)6-14)23-11-18(12-23)9-21(2)10-18/h4-6,13,15,20H,7-12H2,1-3H3. The van der Waals surface area contributed by atoms with E-state index in [4.69, 9.17) is 4.74 Å². The Bertz CT molecular complexity index is 613. The monoisotopic (exact) mass is 350 g/mol. The van der Waals surface area contributed by atoms with Crippen LogP contribution < -0.4 is 15.1 Å². The van der Waals surface area contributed by atoms with Gasteiger partial charge in [0.25, 0.3) is 0 Å². The van der Waals surface area contributed by atoms with Crippen molar-refractivity contribution in [2.24, 2.45) is 5.41 Å². The predicted molar refractivity (Wildman–Crippen MR) is 96.7 cm³/mol. The van der Waals surface area contributed by atoms with Crippen molar-refractivity contribution in [1.82, 2.24) is 10.2 Å². The molecule has 0 bridgehead atoms. The van der Waals surface area contributed by atoms with Gasteiger partial charge < -0.3 is 24.8 Å². The van der Waals surface area contributed by atoms with Gasteiger partial charge in [0, 0.05) is 50.9 Å². The molecule has 1 amide bonds. The molecule has 1 N–H and O–H groups in total. The van der Waals surface area contributed by atoms with E-state index in [9.17, 15) is 9.18 Å². The third-order valence-corrected chi connectivity index (χ3v) is 5.16. The van der Waals surface area contributed by atoms with Gasteiger partial charge in [-0.15, -0.1) is 0 Å². The van der Waals surface area contributed by atoms with Crippen molar-refractivity contribution in [3.05, 3.63) is 24.0 Å². The fourth-order valence-corrected chi connectivity index (χ4v) is 4.04. The first kappa shape index (κ1) is 18.1.